The minimum atomic E-state index is -0.243. The number of amides is 4. The molecule has 0 radical (unpaired) electrons. The molecular formula is C31H36N4O2. The van der Waals surface area contributed by atoms with Crippen LogP contribution in [-0.4, -0.2) is 36.6 Å². The Hall–Kier alpha value is -4.06. The lowest BCUT2D eigenvalue weighted by Crippen LogP contribution is -2.47. The van der Waals surface area contributed by atoms with E-state index in [4.69, 9.17) is 0 Å². The van der Waals surface area contributed by atoms with Gasteiger partial charge in [-0.15, -0.1) is 0 Å². The van der Waals surface area contributed by atoms with Crippen LogP contribution in [0.2, 0.25) is 0 Å². The first-order chi connectivity index (χ1) is 18.0. The normalized spacial score (nSPS) is 12.6. The van der Waals surface area contributed by atoms with Gasteiger partial charge in [-0.05, 0) is 41.7 Å². The maximum atomic E-state index is 13.3. The summed E-state index contributed by atoms with van der Waals surface area (Å²) in [5.41, 5.74) is 1.58. The van der Waals surface area contributed by atoms with Gasteiger partial charge in [0.25, 0.3) is 0 Å². The van der Waals surface area contributed by atoms with Crippen LogP contribution in [0.4, 0.5) is 21.0 Å². The van der Waals surface area contributed by atoms with Gasteiger partial charge in [0.2, 0.25) is 0 Å². The number of hydrogen-bond donors (Lipinski definition) is 3. The number of fused-ring (bicyclic) bond motifs is 2. The zero-order valence-electron chi connectivity index (χ0n) is 21.8. The van der Waals surface area contributed by atoms with Gasteiger partial charge in [0, 0.05) is 30.4 Å². The highest BCUT2D eigenvalue weighted by molar-refractivity contribution is 6.02. The molecule has 192 valence electrons. The van der Waals surface area contributed by atoms with Gasteiger partial charge in [-0.25, -0.2) is 9.59 Å². The number of carbonyl (C=O) groups excluding carboxylic acids is 2. The standard InChI is InChI=1S/C31H36N4O2/c1-4-12-29(35(3)31(37)34-28-20-11-16-24-14-7-9-18-26(24)28)22(5-2)21-32-30(36)33-27-19-10-15-23-13-6-8-17-25(23)27/h6-11,13-20,22,29H,4-5,12,21H2,1-3H3,(H,34,37)(H2,32,33,36). The highest BCUT2D eigenvalue weighted by atomic mass is 16.2. The maximum Gasteiger partial charge on any atom is 0.321 e. The molecule has 2 unspecified atom stereocenters. The Bertz CT molecular complexity index is 1360. The molecule has 37 heavy (non-hydrogen) atoms. The summed E-state index contributed by atoms with van der Waals surface area (Å²) in [6.07, 6.45) is 2.63. The Labute approximate surface area is 219 Å². The Balaban J connectivity index is 1.42. The average molecular weight is 497 g/mol. The Morgan fingerprint density at radius 3 is 1.86 bits per heavy atom. The summed E-state index contributed by atoms with van der Waals surface area (Å²) in [5, 5.41) is 13.3. The fourth-order valence-electron chi connectivity index (χ4n) is 5.01. The van der Waals surface area contributed by atoms with Crippen LogP contribution >= 0.6 is 0 Å². The molecule has 0 aromatic heterocycles. The second-order valence-electron chi connectivity index (χ2n) is 9.45. The van der Waals surface area contributed by atoms with Gasteiger partial charge in [-0.3, -0.25) is 0 Å². The summed E-state index contributed by atoms with van der Waals surface area (Å²) in [7, 11) is 1.85. The van der Waals surface area contributed by atoms with Crippen molar-refractivity contribution in [3.8, 4) is 0 Å². The van der Waals surface area contributed by atoms with Gasteiger partial charge >= 0.3 is 12.1 Å². The first kappa shape index (κ1) is 26.0. The summed E-state index contributed by atoms with van der Waals surface area (Å²) in [6, 6.07) is 27.4. The van der Waals surface area contributed by atoms with Crippen molar-refractivity contribution in [1.29, 1.82) is 0 Å². The van der Waals surface area contributed by atoms with Crippen molar-refractivity contribution in [2.45, 2.75) is 39.2 Å². The summed E-state index contributed by atoms with van der Waals surface area (Å²) in [6.45, 7) is 4.70. The van der Waals surface area contributed by atoms with Crippen LogP contribution in [0.3, 0.4) is 0 Å². The molecule has 0 bridgehead atoms. The van der Waals surface area contributed by atoms with E-state index in [1.54, 1.807) is 4.90 Å². The molecular weight excluding hydrogens is 460 g/mol. The lowest BCUT2D eigenvalue weighted by atomic mass is 9.92. The molecule has 0 aliphatic rings. The van der Waals surface area contributed by atoms with E-state index in [1.807, 2.05) is 92.0 Å². The van der Waals surface area contributed by atoms with Crippen LogP contribution in [0.15, 0.2) is 84.9 Å². The third-order valence-corrected chi connectivity index (χ3v) is 7.06. The summed E-state index contributed by atoms with van der Waals surface area (Å²) >= 11 is 0. The van der Waals surface area contributed by atoms with Crippen LogP contribution in [0.1, 0.15) is 33.1 Å². The zero-order valence-corrected chi connectivity index (χ0v) is 21.8. The lowest BCUT2D eigenvalue weighted by molar-refractivity contribution is 0.167. The molecule has 6 nitrogen and oxygen atoms in total. The first-order valence-electron chi connectivity index (χ1n) is 13.1. The first-order valence-corrected chi connectivity index (χ1v) is 13.1. The van der Waals surface area contributed by atoms with E-state index >= 15 is 0 Å². The molecule has 4 amide bonds. The molecule has 0 heterocycles. The molecule has 4 rings (SSSR count). The van der Waals surface area contributed by atoms with E-state index in [1.165, 1.54) is 0 Å². The van der Waals surface area contributed by atoms with Crippen molar-refractivity contribution < 1.29 is 9.59 Å². The summed E-state index contributed by atoms with van der Waals surface area (Å²) in [4.78, 5) is 27.9. The van der Waals surface area contributed by atoms with Crippen molar-refractivity contribution in [3.05, 3.63) is 84.9 Å². The number of carbonyl (C=O) groups is 2. The van der Waals surface area contributed by atoms with Crippen molar-refractivity contribution >= 4 is 45.0 Å². The molecule has 0 aliphatic carbocycles. The molecule has 3 N–H and O–H groups in total. The third kappa shape index (κ3) is 6.20. The second kappa shape index (κ2) is 12.3. The number of urea groups is 2. The van der Waals surface area contributed by atoms with Gasteiger partial charge in [0.1, 0.15) is 0 Å². The van der Waals surface area contributed by atoms with Gasteiger partial charge in [0.15, 0.2) is 0 Å². The molecule has 0 aliphatic heterocycles. The van der Waals surface area contributed by atoms with Crippen molar-refractivity contribution in [2.24, 2.45) is 5.92 Å². The monoisotopic (exact) mass is 496 g/mol. The van der Waals surface area contributed by atoms with E-state index in [9.17, 15) is 9.59 Å². The Morgan fingerprint density at radius 1 is 0.757 bits per heavy atom. The minimum absolute atomic E-state index is 0.0113. The minimum Gasteiger partial charge on any atom is -0.338 e. The van der Waals surface area contributed by atoms with Crippen molar-refractivity contribution in [1.82, 2.24) is 10.2 Å². The number of anilines is 2. The third-order valence-electron chi connectivity index (χ3n) is 7.06. The van der Waals surface area contributed by atoms with Gasteiger partial charge < -0.3 is 20.9 Å². The average Bonchev–Trinajstić information content (AvgIpc) is 2.92. The van der Waals surface area contributed by atoms with Crippen LogP contribution in [0, 0.1) is 5.92 Å². The van der Waals surface area contributed by atoms with E-state index < -0.39 is 0 Å². The van der Waals surface area contributed by atoms with Crippen LogP contribution in [-0.2, 0) is 0 Å². The fraction of sp³-hybridized carbons (Fsp3) is 0.290. The Kier molecular flexibility index (Phi) is 8.62. The number of rotatable bonds is 9. The molecule has 0 fully saturated rings. The molecule has 0 saturated carbocycles. The van der Waals surface area contributed by atoms with E-state index in [2.05, 4.69) is 29.8 Å². The van der Waals surface area contributed by atoms with Crippen molar-refractivity contribution in [3.63, 3.8) is 0 Å². The molecule has 6 heteroatoms. The molecule has 0 saturated heterocycles. The van der Waals surface area contributed by atoms with Crippen molar-refractivity contribution in [2.75, 3.05) is 24.2 Å². The quantitative estimate of drug-likeness (QED) is 0.225. The largest absolute Gasteiger partial charge is 0.338 e. The topological polar surface area (TPSA) is 73.5 Å². The van der Waals surface area contributed by atoms with Crippen LogP contribution in [0.25, 0.3) is 21.5 Å². The van der Waals surface area contributed by atoms with Gasteiger partial charge in [-0.2, -0.15) is 0 Å². The smallest absolute Gasteiger partial charge is 0.321 e. The lowest BCUT2D eigenvalue weighted by Gasteiger charge is -2.34. The van der Waals surface area contributed by atoms with E-state index in [0.717, 1.165) is 52.2 Å². The second-order valence-corrected chi connectivity index (χ2v) is 9.45. The molecule has 2 atom stereocenters. The van der Waals surface area contributed by atoms with Crippen LogP contribution < -0.4 is 16.0 Å². The van der Waals surface area contributed by atoms with E-state index in [0.29, 0.717) is 6.54 Å². The molecule has 4 aromatic carbocycles. The van der Waals surface area contributed by atoms with E-state index in [-0.39, 0.29) is 24.0 Å². The number of hydrogen-bond acceptors (Lipinski definition) is 2. The predicted molar refractivity (Wildman–Crippen MR) is 154 cm³/mol. The Morgan fingerprint density at radius 2 is 1.30 bits per heavy atom. The zero-order chi connectivity index (χ0) is 26.2. The number of benzene rings is 4. The summed E-state index contributed by atoms with van der Waals surface area (Å²) < 4.78 is 0. The molecule has 4 aromatic rings. The summed E-state index contributed by atoms with van der Waals surface area (Å²) in [5.74, 6) is 0.112. The van der Waals surface area contributed by atoms with Gasteiger partial charge in [0.05, 0.1) is 11.4 Å². The SMILES string of the molecule is CCCC(C(CC)CNC(=O)Nc1cccc2ccccc12)N(C)C(=O)Nc1cccc2ccccc12. The van der Waals surface area contributed by atoms with Crippen LogP contribution in [0.5, 0.6) is 0 Å². The predicted octanol–water partition coefficient (Wildman–Crippen LogP) is 7.47. The molecule has 0 spiro atoms. The van der Waals surface area contributed by atoms with Gasteiger partial charge in [-0.1, -0.05) is 93.1 Å². The fourth-order valence-corrected chi connectivity index (χ4v) is 5.01. The highest BCUT2D eigenvalue weighted by Gasteiger charge is 2.27. The maximum absolute atomic E-state index is 13.3. The number of nitrogens with zero attached hydrogens (tertiary/aromatic N) is 1. The highest BCUT2D eigenvalue weighted by Crippen LogP contribution is 2.26. The number of nitrogens with one attached hydrogen (secondary N) is 3.